The number of cyclic esters (lactones) is 1. The normalized spacial score (nSPS) is 19.4. The third-order valence-corrected chi connectivity index (χ3v) is 5.56. The Morgan fingerprint density at radius 2 is 1.88 bits per heavy atom. The molecular weight excluding hydrogens is 476 g/mol. The highest BCUT2D eigenvalue weighted by molar-refractivity contribution is 9.10. The first-order valence-electron chi connectivity index (χ1n) is 10.5. The number of aromatic nitrogens is 1. The molecule has 170 valence electrons. The van der Waals surface area contributed by atoms with E-state index in [0.29, 0.717) is 4.60 Å². The number of imide groups is 1. The lowest BCUT2D eigenvalue weighted by molar-refractivity contribution is -0.158. The number of nitrogens with zero attached hydrogens (tertiary/aromatic N) is 2. The molecule has 32 heavy (non-hydrogen) atoms. The second kappa shape index (κ2) is 9.81. The Kier molecular flexibility index (Phi) is 7.33. The average molecular weight is 503 g/mol. The lowest BCUT2D eigenvalue weighted by Crippen LogP contribution is -2.43. The molecule has 7 nitrogen and oxygen atoms in total. The van der Waals surface area contributed by atoms with Crippen molar-refractivity contribution in [3.8, 4) is 0 Å². The third-order valence-electron chi connectivity index (χ3n) is 5.09. The molecule has 0 N–H and O–H groups in total. The number of pyridine rings is 1. The summed E-state index contributed by atoms with van der Waals surface area (Å²) in [5.74, 6) is -1.76. The van der Waals surface area contributed by atoms with Crippen molar-refractivity contribution in [3.05, 3.63) is 64.4 Å². The van der Waals surface area contributed by atoms with Crippen LogP contribution >= 0.6 is 15.9 Å². The maximum atomic E-state index is 13.5. The number of hydrogen-bond donors (Lipinski definition) is 0. The van der Waals surface area contributed by atoms with Crippen molar-refractivity contribution in [3.63, 3.8) is 0 Å². The number of ether oxygens (including phenoxy) is 2. The zero-order valence-electron chi connectivity index (χ0n) is 18.6. The van der Waals surface area contributed by atoms with Gasteiger partial charge in [-0.15, -0.1) is 0 Å². The number of halogens is 1. The summed E-state index contributed by atoms with van der Waals surface area (Å²) in [6.45, 7) is 7.08. The predicted octanol–water partition coefficient (Wildman–Crippen LogP) is 4.84. The number of benzene rings is 1. The molecule has 0 bridgehead atoms. The van der Waals surface area contributed by atoms with Gasteiger partial charge in [0, 0.05) is 6.20 Å². The Bertz CT molecular complexity index is 972. The molecule has 3 atom stereocenters. The second-order valence-electron chi connectivity index (χ2n) is 8.84. The molecule has 0 saturated carbocycles. The van der Waals surface area contributed by atoms with Crippen molar-refractivity contribution < 1.29 is 23.9 Å². The first kappa shape index (κ1) is 23.9. The van der Waals surface area contributed by atoms with E-state index in [0.717, 1.165) is 16.0 Å². The molecular formula is C24H27BrN2O5. The summed E-state index contributed by atoms with van der Waals surface area (Å²) in [6.07, 6.45) is 0.449. The molecule has 1 aliphatic rings. The number of hydrogen-bond acceptors (Lipinski definition) is 6. The van der Waals surface area contributed by atoms with Crippen molar-refractivity contribution in [2.45, 2.75) is 58.3 Å². The zero-order valence-corrected chi connectivity index (χ0v) is 20.2. The number of esters is 1. The SMILES string of the molecule is C[C@@H]1[C@H](c2ccccc2)OC(=O)N1C(=O)C(CC(=O)OC(C)(C)C)Cc1ccc(Br)nc1. The molecule has 2 aromatic rings. The Morgan fingerprint density at radius 3 is 2.47 bits per heavy atom. The van der Waals surface area contributed by atoms with Crippen LogP contribution in [-0.4, -0.2) is 39.5 Å². The number of carbonyl (C=O) groups is 3. The summed E-state index contributed by atoms with van der Waals surface area (Å²) in [6, 6.07) is 12.4. The Hall–Kier alpha value is -2.74. The smallest absolute Gasteiger partial charge is 0.417 e. The van der Waals surface area contributed by atoms with Crippen LogP contribution in [0.4, 0.5) is 4.79 Å². The molecule has 1 aliphatic heterocycles. The van der Waals surface area contributed by atoms with E-state index >= 15 is 0 Å². The highest BCUT2D eigenvalue weighted by atomic mass is 79.9. The number of carbonyl (C=O) groups excluding carboxylic acids is 3. The monoisotopic (exact) mass is 502 g/mol. The third kappa shape index (κ3) is 5.94. The molecule has 1 saturated heterocycles. The van der Waals surface area contributed by atoms with E-state index in [1.807, 2.05) is 36.4 Å². The van der Waals surface area contributed by atoms with Crippen LogP contribution in [0.1, 0.15) is 51.3 Å². The Labute approximate surface area is 196 Å². The van der Waals surface area contributed by atoms with Crippen LogP contribution in [0.15, 0.2) is 53.3 Å². The van der Waals surface area contributed by atoms with Crippen LogP contribution in [0.25, 0.3) is 0 Å². The van der Waals surface area contributed by atoms with E-state index in [9.17, 15) is 14.4 Å². The van der Waals surface area contributed by atoms with Gasteiger partial charge >= 0.3 is 12.1 Å². The summed E-state index contributed by atoms with van der Waals surface area (Å²) >= 11 is 3.29. The number of amides is 2. The van der Waals surface area contributed by atoms with Gasteiger partial charge in [-0.2, -0.15) is 0 Å². The molecule has 3 rings (SSSR count). The molecule has 8 heteroatoms. The van der Waals surface area contributed by atoms with Crippen LogP contribution in [-0.2, 0) is 25.5 Å². The van der Waals surface area contributed by atoms with Gasteiger partial charge in [0.1, 0.15) is 16.3 Å². The van der Waals surface area contributed by atoms with Gasteiger partial charge in [-0.3, -0.25) is 9.59 Å². The van der Waals surface area contributed by atoms with Crippen molar-refractivity contribution in [1.29, 1.82) is 0 Å². The van der Waals surface area contributed by atoms with Crippen LogP contribution in [0, 0.1) is 5.92 Å². The van der Waals surface area contributed by atoms with E-state index in [1.165, 1.54) is 0 Å². The van der Waals surface area contributed by atoms with Gasteiger partial charge in [0.25, 0.3) is 0 Å². The first-order valence-corrected chi connectivity index (χ1v) is 11.3. The highest BCUT2D eigenvalue weighted by Crippen LogP contribution is 2.34. The Balaban J connectivity index is 1.83. The number of rotatable bonds is 6. The molecule has 1 aromatic heterocycles. The van der Waals surface area contributed by atoms with E-state index in [4.69, 9.17) is 9.47 Å². The van der Waals surface area contributed by atoms with Gasteiger partial charge in [-0.1, -0.05) is 36.4 Å². The van der Waals surface area contributed by atoms with Crippen molar-refractivity contribution in [1.82, 2.24) is 9.88 Å². The summed E-state index contributed by atoms with van der Waals surface area (Å²) in [5, 5.41) is 0. The minimum absolute atomic E-state index is 0.154. The van der Waals surface area contributed by atoms with Crippen LogP contribution < -0.4 is 0 Å². The van der Waals surface area contributed by atoms with Crippen molar-refractivity contribution in [2.24, 2.45) is 5.92 Å². The summed E-state index contributed by atoms with van der Waals surface area (Å²) in [4.78, 5) is 44.0. The van der Waals surface area contributed by atoms with Crippen molar-refractivity contribution in [2.75, 3.05) is 0 Å². The Morgan fingerprint density at radius 1 is 1.19 bits per heavy atom. The minimum Gasteiger partial charge on any atom is -0.460 e. The van der Waals surface area contributed by atoms with Gasteiger partial charge in [0.05, 0.1) is 18.4 Å². The zero-order chi connectivity index (χ0) is 23.5. The van der Waals surface area contributed by atoms with Crippen LogP contribution in [0.3, 0.4) is 0 Å². The summed E-state index contributed by atoms with van der Waals surface area (Å²) in [7, 11) is 0. The largest absolute Gasteiger partial charge is 0.460 e. The quantitative estimate of drug-likeness (QED) is 0.414. The second-order valence-corrected chi connectivity index (χ2v) is 9.66. The van der Waals surface area contributed by atoms with E-state index in [2.05, 4.69) is 20.9 Å². The molecule has 2 amide bonds. The van der Waals surface area contributed by atoms with Gasteiger partial charge < -0.3 is 9.47 Å². The topological polar surface area (TPSA) is 85.8 Å². The first-order chi connectivity index (χ1) is 15.0. The van der Waals surface area contributed by atoms with Crippen LogP contribution in [0.2, 0.25) is 0 Å². The fraction of sp³-hybridized carbons (Fsp3) is 0.417. The molecule has 0 radical (unpaired) electrons. The maximum Gasteiger partial charge on any atom is 0.417 e. The van der Waals surface area contributed by atoms with Gasteiger partial charge in [-0.05, 0) is 67.2 Å². The predicted molar refractivity (Wildman–Crippen MR) is 122 cm³/mol. The standard InChI is InChI=1S/C24H27BrN2O5/c1-15-21(17-8-6-5-7-9-17)31-23(30)27(15)22(29)18(13-20(28)32-24(2,3)4)12-16-10-11-19(25)26-14-16/h5-11,14-15,18,21H,12-13H2,1-4H3/t15-,18?,21-/m1/s1. The lowest BCUT2D eigenvalue weighted by atomic mass is 9.94. The summed E-state index contributed by atoms with van der Waals surface area (Å²) in [5.41, 5.74) is 0.904. The molecule has 1 unspecified atom stereocenters. The average Bonchev–Trinajstić information content (AvgIpc) is 3.02. The van der Waals surface area contributed by atoms with Gasteiger partial charge in [-0.25, -0.2) is 14.7 Å². The highest BCUT2D eigenvalue weighted by Gasteiger charge is 2.45. The van der Waals surface area contributed by atoms with Crippen molar-refractivity contribution >= 4 is 33.9 Å². The van der Waals surface area contributed by atoms with E-state index in [1.54, 1.807) is 40.0 Å². The molecule has 2 heterocycles. The fourth-order valence-electron chi connectivity index (χ4n) is 3.69. The maximum absolute atomic E-state index is 13.5. The molecule has 1 aromatic carbocycles. The minimum atomic E-state index is -0.794. The van der Waals surface area contributed by atoms with Gasteiger partial charge in [0.2, 0.25) is 5.91 Å². The molecule has 0 aliphatic carbocycles. The summed E-state index contributed by atoms with van der Waals surface area (Å²) < 4.78 is 11.6. The van der Waals surface area contributed by atoms with E-state index in [-0.39, 0.29) is 12.8 Å². The molecule has 0 spiro atoms. The molecule has 1 fully saturated rings. The van der Waals surface area contributed by atoms with E-state index < -0.39 is 41.6 Å². The lowest BCUT2D eigenvalue weighted by Gasteiger charge is -2.26. The fourth-order valence-corrected chi connectivity index (χ4v) is 3.92. The van der Waals surface area contributed by atoms with Crippen LogP contribution in [0.5, 0.6) is 0 Å². The van der Waals surface area contributed by atoms with Gasteiger partial charge in [0.15, 0.2) is 0 Å².